The molecule has 0 amide bonds. The molecule has 3 rings (SSSR count). The van der Waals surface area contributed by atoms with Crippen molar-refractivity contribution in [1.29, 1.82) is 0 Å². The molecule has 0 fully saturated rings. The van der Waals surface area contributed by atoms with Crippen LogP contribution in [-0.4, -0.2) is 11.7 Å². The van der Waals surface area contributed by atoms with Gasteiger partial charge in [0.15, 0.2) is 0 Å². The second-order valence-electron chi connectivity index (χ2n) is 5.60. The maximum Gasteiger partial charge on any atom is 0.446 e. The maximum absolute atomic E-state index is 12.3. The Hall–Kier alpha value is -2.67. The number of ether oxygens (including phenoxy) is 1. The van der Waals surface area contributed by atoms with Gasteiger partial charge in [-0.3, -0.25) is 4.99 Å². The molecule has 0 N–H and O–H groups in total. The zero-order chi connectivity index (χ0) is 19.1. The monoisotopic (exact) mass is 391 g/mol. The molecule has 0 aliphatic heterocycles. The first-order chi connectivity index (χ1) is 13.0. The van der Waals surface area contributed by atoms with Crippen LogP contribution in [0.25, 0.3) is 0 Å². The van der Waals surface area contributed by atoms with Gasteiger partial charge in [0, 0.05) is 11.1 Å². The molecular formula is C20H16F3NO2S. The molecule has 1 heterocycles. The van der Waals surface area contributed by atoms with Gasteiger partial charge in [0.25, 0.3) is 0 Å². The van der Waals surface area contributed by atoms with E-state index in [1.807, 2.05) is 36.4 Å². The van der Waals surface area contributed by atoms with Gasteiger partial charge in [-0.1, -0.05) is 12.1 Å². The first kappa shape index (κ1) is 19.1. The van der Waals surface area contributed by atoms with Gasteiger partial charge in [-0.2, -0.15) is 13.2 Å². The van der Waals surface area contributed by atoms with E-state index in [1.165, 1.54) is 12.1 Å². The Labute approximate surface area is 158 Å². The molecule has 7 heteroatoms. The molecule has 0 saturated carbocycles. The fraction of sp³-hybridized carbons (Fsp3) is 0.150. The lowest BCUT2D eigenvalue weighted by Crippen LogP contribution is -1.99. The summed E-state index contributed by atoms with van der Waals surface area (Å²) in [5, 5.41) is 0. The lowest BCUT2D eigenvalue weighted by Gasteiger charge is -2.08. The Morgan fingerprint density at radius 3 is 2.37 bits per heavy atom. The SMILES string of the molecule is FC(F)(F)Sc1ccc(COc2ccc(/C=N\Cc3ccco3)cc2)cc1. The van der Waals surface area contributed by atoms with Crippen LogP contribution >= 0.6 is 11.8 Å². The minimum atomic E-state index is -4.28. The van der Waals surface area contributed by atoms with E-state index in [0.29, 0.717) is 12.3 Å². The summed E-state index contributed by atoms with van der Waals surface area (Å²) < 4.78 is 47.8. The van der Waals surface area contributed by atoms with Crippen molar-refractivity contribution >= 4 is 18.0 Å². The predicted molar refractivity (Wildman–Crippen MR) is 99.1 cm³/mol. The molecule has 0 aliphatic rings. The summed E-state index contributed by atoms with van der Waals surface area (Å²) >= 11 is -0.128. The van der Waals surface area contributed by atoms with Crippen molar-refractivity contribution in [3.05, 3.63) is 83.8 Å². The van der Waals surface area contributed by atoms with Crippen LogP contribution in [0.1, 0.15) is 16.9 Å². The maximum atomic E-state index is 12.3. The fourth-order valence-electron chi connectivity index (χ4n) is 2.25. The van der Waals surface area contributed by atoms with Crippen LogP contribution in [0.3, 0.4) is 0 Å². The van der Waals surface area contributed by atoms with Gasteiger partial charge in [0.2, 0.25) is 0 Å². The van der Waals surface area contributed by atoms with Crippen LogP contribution in [0.15, 0.2) is 81.2 Å². The zero-order valence-corrected chi connectivity index (χ0v) is 15.0. The van der Waals surface area contributed by atoms with E-state index in [4.69, 9.17) is 9.15 Å². The number of hydrogen-bond donors (Lipinski definition) is 0. The second kappa shape index (κ2) is 8.81. The fourth-order valence-corrected chi connectivity index (χ4v) is 2.79. The van der Waals surface area contributed by atoms with Crippen LogP contribution in [0, 0.1) is 0 Å². The van der Waals surface area contributed by atoms with Crippen LogP contribution in [0.4, 0.5) is 13.2 Å². The molecule has 0 bridgehead atoms. The first-order valence-electron chi connectivity index (χ1n) is 8.08. The number of alkyl halides is 3. The van der Waals surface area contributed by atoms with E-state index in [1.54, 1.807) is 24.6 Å². The van der Waals surface area contributed by atoms with Crippen LogP contribution in [0.5, 0.6) is 5.75 Å². The summed E-state index contributed by atoms with van der Waals surface area (Å²) in [6.45, 7) is 0.761. The van der Waals surface area contributed by atoms with Crippen molar-refractivity contribution in [3.8, 4) is 5.75 Å². The minimum absolute atomic E-state index is 0.128. The Kier molecular flexibility index (Phi) is 6.24. The summed E-state index contributed by atoms with van der Waals surface area (Å²) in [7, 11) is 0. The summed E-state index contributed by atoms with van der Waals surface area (Å²) in [5.74, 6) is 1.47. The molecule has 0 saturated heterocycles. The van der Waals surface area contributed by atoms with Crippen LogP contribution in [0.2, 0.25) is 0 Å². The average molecular weight is 391 g/mol. The smallest absolute Gasteiger partial charge is 0.446 e. The quantitative estimate of drug-likeness (QED) is 0.361. The minimum Gasteiger partial charge on any atom is -0.489 e. The largest absolute Gasteiger partial charge is 0.489 e. The molecule has 3 aromatic rings. The number of thioether (sulfide) groups is 1. The molecule has 2 aromatic carbocycles. The van der Waals surface area contributed by atoms with Crippen molar-refractivity contribution < 1.29 is 22.3 Å². The number of hydrogen-bond acceptors (Lipinski definition) is 4. The van der Waals surface area contributed by atoms with Crippen LogP contribution < -0.4 is 4.74 Å². The number of halogens is 3. The Balaban J connectivity index is 1.49. The molecule has 0 radical (unpaired) electrons. The summed E-state index contributed by atoms with van der Waals surface area (Å²) in [4.78, 5) is 4.46. The van der Waals surface area contributed by atoms with Crippen LogP contribution in [-0.2, 0) is 13.2 Å². The normalized spacial score (nSPS) is 11.8. The van der Waals surface area contributed by atoms with E-state index >= 15 is 0 Å². The Bertz CT molecular complexity index is 858. The Morgan fingerprint density at radius 2 is 1.74 bits per heavy atom. The van der Waals surface area contributed by atoms with Gasteiger partial charge < -0.3 is 9.15 Å². The third-order valence-electron chi connectivity index (χ3n) is 3.51. The van der Waals surface area contributed by atoms with Gasteiger partial charge in [-0.05, 0) is 71.4 Å². The summed E-state index contributed by atoms with van der Waals surface area (Å²) in [6.07, 6.45) is 3.36. The highest BCUT2D eigenvalue weighted by atomic mass is 32.2. The molecular weight excluding hydrogens is 375 g/mol. The van der Waals surface area contributed by atoms with E-state index in [0.717, 1.165) is 16.9 Å². The van der Waals surface area contributed by atoms with Gasteiger partial charge in [-0.15, -0.1) is 0 Å². The molecule has 140 valence electrons. The summed E-state index contributed by atoms with van der Waals surface area (Å²) in [5.41, 5.74) is -2.55. The molecule has 0 aliphatic carbocycles. The summed E-state index contributed by atoms with van der Waals surface area (Å²) in [6, 6.07) is 17.2. The van der Waals surface area contributed by atoms with Crippen molar-refractivity contribution in [3.63, 3.8) is 0 Å². The lowest BCUT2D eigenvalue weighted by molar-refractivity contribution is -0.0328. The molecule has 0 atom stereocenters. The third-order valence-corrected chi connectivity index (χ3v) is 4.25. The molecule has 0 spiro atoms. The number of aliphatic imine (C=N–C) groups is 1. The van der Waals surface area contributed by atoms with Crippen molar-refractivity contribution in [1.82, 2.24) is 0 Å². The number of benzene rings is 2. The Morgan fingerprint density at radius 1 is 1.00 bits per heavy atom. The van der Waals surface area contributed by atoms with Gasteiger partial charge in [0.05, 0.1) is 12.8 Å². The lowest BCUT2D eigenvalue weighted by atomic mass is 10.2. The van der Waals surface area contributed by atoms with Crippen molar-refractivity contribution in [2.75, 3.05) is 0 Å². The van der Waals surface area contributed by atoms with E-state index in [9.17, 15) is 13.2 Å². The van der Waals surface area contributed by atoms with Gasteiger partial charge in [0.1, 0.15) is 18.1 Å². The van der Waals surface area contributed by atoms with Crippen molar-refractivity contribution in [2.24, 2.45) is 4.99 Å². The number of rotatable bonds is 7. The average Bonchev–Trinajstić information content (AvgIpc) is 3.14. The second-order valence-corrected chi connectivity index (χ2v) is 6.74. The van der Waals surface area contributed by atoms with E-state index in [-0.39, 0.29) is 23.3 Å². The van der Waals surface area contributed by atoms with Crippen molar-refractivity contribution in [2.45, 2.75) is 23.6 Å². The topological polar surface area (TPSA) is 34.7 Å². The molecule has 1 aromatic heterocycles. The standard InChI is InChI=1S/C20H16F3NO2S/c21-20(22,23)27-19-9-5-16(6-10-19)14-26-17-7-3-15(4-8-17)12-24-13-18-2-1-11-25-18/h1-12H,13-14H2/b24-12-. The van der Waals surface area contributed by atoms with Gasteiger partial charge >= 0.3 is 5.51 Å². The first-order valence-corrected chi connectivity index (χ1v) is 8.89. The highest BCUT2D eigenvalue weighted by Gasteiger charge is 2.28. The number of furan rings is 1. The highest BCUT2D eigenvalue weighted by molar-refractivity contribution is 8.00. The van der Waals surface area contributed by atoms with E-state index < -0.39 is 5.51 Å². The van der Waals surface area contributed by atoms with E-state index in [2.05, 4.69) is 4.99 Å². The van der Waals surface area contributed by atoms with Gasteiger partial charge in [-0.25, -0.2) is 0 Å². The number of nitrogens with zero attached hydrogens (tertiary/aromatic N) is 1. The third kappa shape index (κ3) is 6.53. The molecule has 0 unspecified atom stereocenters. The predicted octanol–water partition coefficient (Wildman–Crippen LogP) is 6.09. The highest BCUT2D eigenvalue weighted by Crippen LogP contribution is 2.36. The molecule has 27 heavy (non-hydrogen) atoms. The zero-order valence-electron chi connectivity index (χ0n) is 14.1. The molecule has 3 nitrogen and oxygen atoms in total.